The highest BCUT2D eigenvalue weighted by atomic mass is 32.2. The van der Waals surface area contributed by atoms with Gasteiger partial charge in [0.1, 0.15) is 11.6 Å². The molecule has 2 aliphatic rings. The van der Waals surface area contributed by atoms with Crippen LogP contribution in [0, 0.1) is 5.92 Å². The third kappa shape index (κ3) is 4.23. The standard InChI is InChI=1S/C24H29NO2S2/c1-15(2)14-18(23(26)27-24(3,4)5)25-21-16-10-6-8-12-19(16)28-22(25)17-11-7-9-13-20(17)29-21/h6-13,15,18,21-22H,14H2,1-5H3/t18?,21-,22-/m1/s1. The number of nitrogens with zero attached hydrogens (tertiary/aromatic N) is 1. The summed E-state index contributed by atoms with van der Waals surface area (Å²) in [6.07, 6.45) is 0.785. The first-order valence-corrected chi connectivity index (χ1v) is 12.0. The lowest BCUT2D eigenvalue weighted by Gasteiger charge is -2.49. The molecule has 0 fully saturated rings. The van der Waals surface area contributed by atoms with Crippen LogP contribution in [0.2, 0.25) is 0 Å². The molecule has 0 aliphatic carbocycles. The van der Waals surface area contributed by atoms with E-state index in [2.05, 4.69) is 67.3 Å². The van der Waals surface area contributed by atoms with Crippen molar-refractivity contribution in [1.82, 2.24) is 4.90 Å². The molecule has 2 heterocycles. The van der Waals surface area contributed by atoms with Crippen LogP contribution in [-0.4, -0.2) is 22.5 Å². The molecule has 2 aromatic carbocycles. The maximum atomic E-state index is 13.4. The normalized spacial score (nSPS) is 22.0. The zero-order valence-electron chi connectivity index (χ0n) is 17.7. The average Bonchev–Trinajstić information content (AvgIpc) is 2.64. The van der Waals surface area contributed by atoms with Crippen molar-refractivity contribution in [3.8, 4) is 0 Å². The summed E-state index contributed by atoms with van der Waals surface area (Å²) in [6, 6.07) is 17.0. The van der Waals surface area contributed by atoms with Crippen molar-refractivity contribution in [2.45, 2.75) is 73.2 Å². The molecule has 2 aliphatic heterocycles. The van der Waals surface area contributed by atoms with Crippen molar-refractivity contribution in [2.75, 3.05) is 0 Å². The topological polar surface area (TPSA) is 29.5 Å². The smallest absolute Gasteiger partial charge is 0.323 e. The molecule has 3 atom stereocenters. The third-order valence-corrected chi connectivity index (χ3v) is 7.81. The SMILES string of the molecule is CC(C)CC(C(=O)OC(C)(C)C)N1[C@@H]2Sc3ccccc3[C@H]1Sc1ccccc12. The Labute approximate surface area is 182 Å². The summed E-state index contributed by atoms with van der Waals surface area (Å²) in [6.45, 7) is 10.2. The minimum Gasteiger partial charge on any atom is -0.459 e. The number of benzene rings is 2. The van der Waals surface area contributed by atoms with Gasteiger partial charge in [-0.05, 0) is 56.4 Å². The molecule has 0 N–H and O–H groups in total. The van der Waals surface area contributed by atoms with Crippen molar-refractivity contribution < 1.29 is 9.53 Å². The molecule has 29 heavy (non-hydrogen) atoms. The Bertz CT molecular complexity index is 852. The van der Waals surface area contributed by atoms with Gasteiger partial charge in [0.25, 0.3) is 0 Å². The van der Waals surface area contributed by atoms with Crippen LogP contribution in [0.3, 0.4) is 0 Å². The van der Waals surface area contributed by atoms with Crippen molar-refractivity contribution in [3.63, 3.8) is 0 Å². The summed E-state index contributed by atoms with van der Waals surface area (Å²) in [5.41, 5.74) is 2.10. The molecular weight excluding hydrogens is 398 g/mol. The lowest BCUT2D eigenvalue weighted by Crippen LogP contribution is -2.49. The van der Waals surface area contributed by atoms with Gasteiger partial charge in [-0.2, -0.15) is 0 Å². The number of hydrogen-bond donors (Lipinski definition) is 0. The summed E-state index contributed by atoms with van der Waals surface area (Å²) in [4.78, 5) is 18.4. The molecule has 0 aromatic heterocycles. The second kappa shape index (κ2) is 8.01. The van der Waals surface area contributed by atoms with Crippen LogP contribution < -0.4 is 0 Å². The monoisotopic (exact) mass is 427 g/mol. The number of esters is 1. The predicted octanol–water partition coefficient (Wildman–Crippen LogP) is 6.65. The van der Waals surface area contributed by atoms with Crippen LogP contribution in [0.4, 0.5) is 0 Å². The van der Waals surface area contributed by atoms with Gasteiger partial charge < -0.3 is 4.74 Å². The molecule has 0 saturated carbocycles. The van der Waals surface area contributed by atoms with Crippen LogP contribution in [0.1, 0.15) is 62.9 Å². The van der Waals surface area contributed by atoms with E-state index in [1.54, 1.807) is 0 Å². The van der Waals surface area contributed by atoms with Crippen LogP contribution in [0.15, 0.2) is 58.3 Å². The molecule has 3 nitrogen and oxygen atoms in total. The van der Waals surface area contributed by atoms with Gasteiger partial charge in [0.15, 0.2) is 0 Å². The largest absolute Gasteiger partial charge is 0.459 e. The molecule has 0 radical (unpaired) electrons. The van der Waals surface area contributed by atoms with Crippen molar-refractivity contribution in [3.05, 3.63) is 59.7 Å². The fraction of sp³-hybridized carbons (Fsp3) is 0.458. The second-order valence-corrected chi connectivity index (χ2v) is 11.4. The maximum Gasteiger partial charge on any atom is 0.323 e. The predicted molar refractivity (Wildman–Crippen MR) is 121 cm³/mol. The average molecular weight is 428 g/mol. The maximum absolute atomic E-state index is 13.4. The molecule has 0 spiro atoms. The lowest BCUT2D eigenvalue weighted by molar-refractivity contribution is -0.163. The number of thioether (sulfide) groups is 2. The van der Waals surface area contributed by atoms with Crippen LogP contribution in [0.25, 0.3) is 0 Å². The molecule has 5 heteroatoms. The van der Waals surface area contributed by atoms with Gasteiger partial charge in [-0.25, -0.2) is 0 Å². The van der Waals surface area contributed by atoms with Crippen LogP contribution >= 0.6 is 23.5 Å². The summed E-state index contributed by atoms with van der Waals surface area (Å²) in [5.74, 6) is 0.289. The van der Waals surface area contributed by atoms with Crippen LogP contribution in [-0.2, 0) is 9.53 Å². The molecule has 2 bridgehead atoms. The van der Waals surface area contributed by atoms with Gasteiger partial charge >= 0.3 is 5.97 Å². The van der Waals surface area contributed by atoms with E-state index in [4.69, 9.17) is 4.74 Å². The highest BCUT2D eigenvalue weighted by Gasteiger charge is 2.47. The Kier molecular flexibility index (Phi) is 5.75. The Morgan fingerprint density at radius 3 is 1.90 bits per heavy atom. The lowest BCUT2D eigenvalue weighted by atomic mass is 9.99. The zero-order valence-corrected chi connectivity index (χ0v) is 19.3. The Balaban J connectivity index is 1.80. The van der Waals surface area contributed by atoms with Gasteiger partial charge in [-0.3, -0.25) is 9.69 Å². The van der Waals surface area contributed by atoms with Crippen LogP contribution in [0.5, 0.6) is 0 Å². The molecule has 1 unspecified atom stereocenters. The van der Waals surface area contributed by atoms with Crippen molar-refractivity contribution in [1.29, 1.82) is 0 Å². The number of fused-ring (bicyclic) bond motifs is 6. The minimum absolute atomic E-state index is 0.110. The van der Waals surface area contributed by atoms with E-state index in [1.165, 1.54) is 20.9 Å². The highest BCUT2D eigenvalue weighted by molar-refractivity contribution is 8.01. The fourth-order valence-electron chi connectivity index (χ4n) is 4.00. The number of rotatable bonds is 4. The number of hydrogen-bond acceptors (Lipinski definition) is 5. The first-order valence-electron chi connectivity index (χ1n) is 10.3. The van der Waals surface area contributed by atoms with Crippen molar-refractivity contribution in [2.24, 2.45) is 5.92 Å². The molecule has 0 saturated heterocycles. The Morgan fingerprint density at radius 2 is 1.45 bits per heavy atom. The summed E-state index contributed by atoms with van der Waals surface area (Å²) < 4.78 is 5.90. The zero-order chi connectivity index (χ0) is 20.8. The second-order valence-electron chi connectivity index (χ2n) is 9.14. The molecular formula is C24H29NO2S2. The number of ether oxygens (including phenoxy) is 1. The van der Waals surface area contributed by atoms with E-state index >= 15 is 0 Å². The minimum atomic E-state index is -0.493. The summed E-state index contributed by atoms with van der Waals surface area (Å²) in [7, 11) is 0. The summed E-state index contributed by atoms with van der Waals surface area (Å²) in [5, 5.41) is 0.229. The number of carbonyl (C=O) groups excluding carboxylic acids is 1. The number of carbonyl (C=O) groups is 1. The van der Waals surface area contributed by atoms with E-state index in [1.807, 2.05) is 44.3 Å². The summed E-state index contributed by atoms with van der Waals surface area (Å²) >= 11 is 3.72. The van der Waals surface area contributed by atoms with E-state index in [9.17, 15) is 4.79 Å². The van der Waals surface area contributed by atoms with Gasteiger partial charge in [-0.1, -0.05) is 50.2 Å². The Morgan fingerprint density at radius 1 is 0.966 bits per heavy atom. The first kappa shape index (κ1) is 20.8. The van der Waals surface area contributed by atoms with Gasteiger partial charge in [0, 0.05) is 9.79 Å². The fourth-order valence-corrected chi connectivity index (χ4v) is 7.10. The molecule has 0 amide bonds. The van der Waals surface area contributed by atoms with Gasteiger partial charge in [-0.15, -0.1) is 23.5 Å². The third-order valence-electron chi connectivity index (χ3n) is 5.12. The Hall–Kier alpha value is -1.43. The van der Waals surface area contributed by atoms with Gasteiger partial charge in [0.05, 0.1) is 10.7 Å². The van der Waals surface area contributed by atoms with Crippen molar-refractivity contribution >= 4 is 29.5 Å². The van der Waals surface area contributed by atoms with E-state index in [0.717, 1.165) is 6.42 Å². The molecule has 154 valence electrons. The van der Waals surface area contributed by atoms with Gasteiger partial charge in [0.2, 0.25) is 0 Å². The van der Waals surface area contributed by atoms with E-state index < -0.39 is 5.60 Å². The quantitative estimate of drug-likeness (QED) is 0.509. The first-order chi connectivity index (χ1) is 13.7. The van der Waals surface area contributed by atoms with E-state index in [-0.39, 0.29) is 22.8 Å². The molecule has 2 aromatic rings. The highest BCUT2D eigenvalue weighted by Crippen LogP contribution is 2.61. The molecule has 4 rings (SSSR count). The van der Waals surface area contributed by atoms with E-state index in [0.29, 0.717) is 5.92 Å².